The van der Waals surface area contributed by atoms with E-state index in [0.717, 1.165) is 0 Å². The molecule has 0 aromatic carbocycles. The number of esters is 1. The fourth-order valence-corrected chi connectivity index (χ4v) is 1.85. The van der Waals surface area contributed by atoms with E-state index < -0.39 is 0 Å². The van der Waals surface area contributed by atoms with Gasteiger partial charge in [0.2, 0.25) is 0 Å². The van der Waals surface area contributed by atoms with Gasteiger partial charge in [0.15, 0.2) is 0 Å². The number of rotatable bonds is 5. The summed E-state index contributed by atoms with van der Waals surface area (Å²) in [6.45, 7) is 2.37. The van der Waals surface area contributed by atoms with E-state index >= 15 is 0 Å². The molecule has 0 bridgehead atoms. The zero-order valence-corrected chi connectivity index (χ0v) is 9.47. The van der Waals surface area contributed by atoms with E-state index in [0.29, 0.717) is 18.6 Å². The van der Waals surface area contributed by atoms with Crippen molar-refractivity contribution < 1.29 is 23.7 Å². The number of epoxide rings is 1. The Hall–Kier alpha value is -0.910. The second kappa shape index (κ2) is 4.95. The third-order valence-electron chi connectivity index (χ3n) is 2.65. The molecule has 0 aromatic rings. The van der Waals surface area contributed by atoms with Crippen LogP contribution in [0.4, 0.5) is 0 Å². The van der Waals surface area contributed by atoms with Gasteiger partial charge in [0, 0.05) is 19.1 Å². The van der Waals surface area contributed by atoms with Crippen LogP contribution >= 0.6 is 0 Å². The molecule has 2 rings (SSSR count). The molecule has 3 atom stereocenters. The molecule has 0 saturated carbocycles. The summed E-state index contributed by atoms with van der Waals surface area (Å²) in [6, 6.07) is 0. The van der Waals surface area contributed by atoms with Gasteiger partial charge in [-0.1, -0.05) is 0 Å². The van der Waals surface area contributed by atoms with Crippen LogP contribution in [0, 0.1) is 0 Å². The summed E-state index contributed by atoms with van der Waals surface area (Å²) < 4.78 is 20.6. The van der Waals surface area contributed by atoms with Crippen molar-refractivity contribution in [2.24, 2.45) is 0 Å². The Morgan fingerprint density at radius 1 is 1.62 bits per heavy atom. The summed E-state index contributed by atoms with van der Waals surface area (Å²) in [7, 11) is 1.56. The summed E-state index contributed by atoms with van der Waals surface area (Å²) in [4.78, 5) is 11.5. The molecule has 1 aliphatic carbocycles. The smallest absolute Gasteiger partial charge is 0.333 e. The summed E-state index contributed by atoms with van der Waals surface area (Å²) in [5.41, 5.74) is 0.640. The number of hydrogen-bond donors (Lipinski definition) is 0. The Kier molecular flexibility index (Phi) is 3.58. The monoisotopic (exact) mass is 228 g/mol. The van der Waals surface area contributed by atoms with E-state index in [1.54, 1.807) is 20.1 Å². The lowest BCUT2D eigenvalue weighted by Gasteiger charge is -2.17. The van der Waals surface area contributed by atoms with Gasteiger partial charge in [-0.15, -0.1) is 0 Å². The molecule has 16 heavy (non-hydrogen) atoms. The van der Waals surface area contributed by atoms with Gasteiger partial charge in [-0.05, 0) is 13.0 Å². The summed E-state index contributed by atoms with van der Waals surface area (Å²) in [5.74, 6) is -0.275. The van der Waals surface area contributed by atoms with Gasteiger partial charge in [-0.2, -0.15) is 0 Å². The van der Waals surface area contributed by atoms with Crippen molar-refractivity contribution in [1.29, 1.82) is 0 Å². The highest BCUT2D eigenvalue weighted by Gasteiger charge is 2.49. The van der Waals surface area contributed by atoms with Crippen molar-refractivity contribution >= 4 is 5.97 Å². The topological polar surface area (TPSA) is 57.3 Å². The Bertz CT molecular complexity index is 299. The molecule has 0 amide bonds. The zero-order chi connectivity index (χ0) is 11.5. The lowest BCUT2D eigenvalue weighted by Crippen LogP contribution is -2.26. The van der Waals surface area contributed by atoms with Crippen LogP contribution in [0.3, 0.4) is 0 Å². The molecule has 0 N–H and O–H groups in total. The van der Waals surface area contributed by atoms with Crippen LogP contribution in [0.2, 0.25) is 0 Å². The average molecular weight is 228 g/mol. The van der Waals surface area contributed by atoms with E-state index in [1.807, 2.05) is 0 Å². The van der Waals surface area contributed by atoms with Crippen molar-refractivity contribution in [3.8, 4) is 0 Å². The molecule has 1 heterocycles. The summed E-state index contributed by atoms with van der Waals surface area (Å²) in [6.07, 6.45) is 2.39. The van der Waals surface area contributed by atoms with Crippen LogP contribution in [0.15, 0.2) is 11.6 Å². The van der Waals surface area contributed by atoms with Gasteiger partial charge < -0.3 is 18.9 Å². The quantitative estimate of drug-likeness (QED) is 0.392. The number of hydrogen-bond acceptors (Lipinski definition) is 5. The zero-order valence-electron chi connectivity index (χ0n) is 9.47. The Morgan fingerprint density at radius 3 is 3.12 bits per heavy atom. The minimum absolute atomic E-state index is 0.0772. The Morgan fingerprint density at radius 2 is 2.44 bits per heavy atom. The third kappa shape index (κ3) is 2.42. The first-order valence-electron chi connectivity index (χ1n) is 5.40. The molecule has 0 aromatic heterocycles. The SMILES string of the molecule is CCOC(=O)C1=C[C@@H](OCOC)[C@H]2O[C@H]2C1. The van der Waals surface area contributed by atoms with Gasteiger partial charge in [-0.3, -0.25) is 0 Å². The van der Waals surface area contributed by atoms with Crippen molar-refractivity contribution in [2.75, 3.05) is 20.5 Å². The number of fused-ring (bicyclic) bond motifs is 1. The molecule has 0 spiro atoms. The molecule has 5 heteroatoms. The van der Waals surface area contributed by atoms with Gasteiger partial charge in [0.25, 0.3) is 0 Å². The van der Waals surface area contributed by atoms with E-state index in [2.05, 4.69) is 0 Å². The van der Waals surface area contributed by atoms with E-state index in [-0.39, 0.29) is 31.1 Å². The summed E-state index contributed by atoms with van der Waals surface area (Å²) >= 11 is 0. The minimum atomic E-state index is -0.275. The second-order valence-corrected chi connectivity index (χ2v) is 3.79. The second-order valence-electron chi connectivity index (χ2n) is 3.79. The van der Waals surface area contributed by atoms with Gasteiger partial charge in [0.05, 0.1) is 12.7 Å². The summed E-state index contributed by atoms with van der Waals surface area (Å²) in [5, 5.41) is 0. The van der Waals surface area contributed by atoms with Crippen molar-refractivity contribution in [2.45, 2.75) is 31.7 Å². The lowest BCUT2D eigenvalue weighted by molar-refractivity contribution is -0.139. The molecule has 0 unspecified atom stereocenters. The van der Waals surface area contributed by atoms with Crippen LogP contribution in [0.5, 0.6) is 0 Å². The number of ether oxygens (including phenoxy) is 4. The lowest BCUT2D eigenvalue weighted by atomic mass is 9.97. The van der Waals surface area contributed by atoms with Crippen LogP contribution in [0.1, 0.15) is 13.3 Å². The molecule has 1 aliphatic heterocycles. The molecular weight excluding hydrogens is 212 g/mol. The first-order valence-corrected chi connectivity index (χ1v) is 5.40. The van der Waals surface area contributed by atoms with Crippen molar-refractivity contribution in [3.05, 3.63) is 11.6 Å². The highest BCUT2D eigenvalue weighted by Crippen LogP contribution is 2.38. The predicted molar refractivity (Wildman–Crippen MR) is 54.7 cm³/mol. The minimum Gasteiger partial charge on any atom is -0.463 e. The maximum Gasteiger partial charge on any atom is 0.333 e. The van der Waals surface area contributed by atoms with E-state index in [4.69, 9.17) is 18.9 Å². The first-order chi connectivity index (χ1) is 7.76. The molecule has 1 fully saturated rings. The maximum atomic E-state index is 11.5. The first kappa shape index (κ1) is 11.6. The van der Waals surface area contributed by atoms with Gasteiger partial charge in [0.1, 0.15) is 19.0 Å². The normalized spacial score (nSPS) is 31.6. The standard InChI is InChI=1S/C11H16O5/c1-3-14-11(12)7-4-8(15-6-13-2)10-9(5-7)16-10/h4,8-10H,3,5-6H2,1-2H3/t8-,9+,10-/m1/s1. The highest BCUT2D eigenvalue weighted by molar-refractivity contribution is 5.89. The van der Waals surface area contributed by atoms with E-state index in [9.17, 15) is 4.79 Å². The number of methoxy groups -OCH3 is 1. The largest absolute Gasteiger partial charge is 0.463 e. The number of carbonyl (C=O) groups is 1. The predicted octanol–water partition coefficient (Wildman–Crippen LogP) is 0.636. The number of carbonyl (C=O) groups excluding carboxylic acids is 1. The molecule has 5 nitrogen and oxygen atoms in total. The molecule has 0 radical (unpaired) electrons. The fraction of sp³-hybridized carbons (Fsp3) is 0.727. The Labute approximate surface area is 94.3 Å². The molecular formula is C11H16O5. The Balaban J connectivity index is 1.97. The molecule has 2 aliphatic rings. The molecule has 1 saturated heterocycles. The van der Waals surface area contributed by atoms with Crippen molar-refractivity contribution in [3.63, 3.8) is 0 Å². The van der Waals surface area contributed by atoms with Gasteiger partial charge >= 0.3 is 5.97 Å². The van der Waals surface area contributed by atoms with Gasteiger partial charge in [-0.25, -0.2) is 4.79 Å². The van der Waals surface area contributed by atoms with Crippen LogP contribution in [-0.4, -0.2) is 44.8 Å². The third-order valence-corrected chi connectivity index (χ3v) is 2.65. The maximum absolute atomic E-state index is 11.5. The molecule has 90 valence electrons. The van der Waals surface area contributed by atoms with Crippen LogP contribution in [0.25, 0.3) is 0 Å². The van der Waals surface area contributed by atoms with Crippen molar-refractivity contribution in [1.82, 2.24) is 0 Å². The van der Waals surface area contributed by atoms with Crippen LogP contribution in [-0.2, 0) is 23.7 Å². The highest BCUT2D eigenvalue weighted by atomic mass is 16.7. The average Bonchev–Trinajstić information content (AvgIpc) is 3.05. The fourth-order valence-electron chi connectivity index (χ4n) is 1.85. The van der Waals surface area contributed by atoms with E-state index in [1.165, 1.54) is 0 Å². The van der Waals surface area contributed by atoms with Crippen LogP contribution < -0.4 is 0 Å².